The molecule has 0 N–H and O–H groups in total. The van der Waals surface area contributed by atoms with Crippen LogP contribution < -0.4 is 19.8 Å². The number of allylic oxidation sites excluding steroid dienone is 1. The third kappa shape index (κ3) is 7.97. The average Bonchev–Trinajstić information content (AvgIpc) is 2.78. The van der Waals surface area contributed by atoms with Crippen molar-refractivity contribution in [3.63, 3.8) is 0 Å². The van der Waals surface area contributed by atoms with E-state index in [-0.39, 0.29) is 5.75 Å². The monoisotopic (exact) mass is 430 g/mol. The molecule has 0 atom stereocenters. The maximum Gasteiger partial charge on any atom is 0.383 e. The van der Waals surface area contributed by atoms with Gasteiger partial charge >= 0.3 is 5.63 Å². The molecule has 5 heteroatoms. The number of hydrogen-bond acceptors (Lipinski definition) is 5. The number of hydrogen-bond donors (Lipinski definition) is 0. The Morgan fingerprint density at radius 3 is 2.29 bits per heavy atom. The molecule has 5 nitrogen and oxygen atoms in total. The maximum atomic E-state index is 12.6. The van der Waals surface area contributed by atoms with Gasteiger partial charge < -0.3 is 18.6 Å². The van der Waals surface area contributed by atoms with Crippen LogP contribution in [0.2, 0.25) is 0 Å². The van der Waals surface area contributed by atoms with Crippen molar-refractivity contribution in [3.8, 4) is 17.2 Å². The molecule has 0 spiro atoms. The van der Waals surface area contributed by atoms with Crippen LogP contribution >= 0.6 is 0 Å². The Hall–Kier alpha value is -2.43. The highest BCUT2D eigenvalue weighted by atomic mass is 16.5. The Kier molecular flexibility index (Phi) is 11.7. The summed E-state index contributed by atoms with van der Waals surface area (Å²) in [6, 6.07) is 5.36. The zero-order valence-corrected chi connectivity index (χ0v) is 19.4. The van der Waals surface area contributed by atoms with E-state index < -0.39 is 5.63 Å². The van der Waals surface area contributed by atoms with Crippen LogP contribution in [0.25, 0.3) is 11.0 Å². The van der Waals surface area contributed by atoms with E-state index in [9.17, 15) is 4.79 Å². The van der Waals surface area contributed by atoms with Gasteiger partial charge in [0.15, 0.2) is 5.75 Å². The van der Waals surface area contributed by atoms with Crippen LogP contribution in [0.15, 0.2) is 39.6 Å². The summed E-state index contributed by atoms with van der Waals surface area (Å²) in [5, 5.41) is 0.634. The van der Waals surface area contributed by atoms with Crippen LogP contribution in [-0.4, -0.2) is 20.3 Å². The van der Waals surface area contributed by atoms with Crippen molar-refractivity contribution in [1.29, 1.82) is 0 Å². The van der Waals surface area contributed by atoms with Gasteiger partial charge in [-0.05, 0) is 31.4 Å². The van der Waals surface area contributed by atoms with Crippen molar-refractivity contribution < 1.29 is 18.6 Å². The van der Waals surface area contributed by atoms with E-state index in [0.29, 0.717) is 35.7 Å². The van der Waals surface area contributed by atoms with E-state index in [1.807, 2.05) is 6.07 Å². The molecule has 0 amide bonds. The second kappa shape index (κ2) is 14.6. The second-order valence-corrected chi connectivity index (χ2v) is 7.72. The molecule has 2 aromatic rings. The summed E-state index contributed by atoms with van der Waals surface area (Å²) < 4.78 is 22.9. The first-order valence-corrected chi connectivity index (χ1v) is 11.8. The molecule has 0 unspecified atom stereocenters. The van der Waals surface area contributed by atoms with Gasteiger partial charge in [0.1, 0.15) is 16.7 Å². The number of benzene rings is 1. The fourth-order valence-electron chi connectivity index (χ4n) is 3.53. The summed E-state index contributed by atoms with van der Waals surface area (Å²) in [4.78, 5) is 12.6. The van der Waals surface area contributed by atoms with Crippen LogP contribution in [0.4, 0.5) is 0 Å². The van der Waals surface area contributed by atoms with Gasteiger partial charge in [-0.3, -0.25) is 0 Å². The summed E-state index contributed by atoms with van der Waals surface area (Å²) in [5.41, 5.74) is -0.0812. The Morgan fingerprint density at radius 2 is 1.58 bits per heavy atom. The van der Waals surface area contributed by atoms with Crippen LogP contribution in [0.5, 0.6) is 17.2 Å². The SMILES string of the molecule is CCC=CCCOc1c(OCCCCCCCCCC)c(=O)oc2cccc(OC)c12. The van der Waals surface area contributed by atoms with E-state index in [0.717, 1.165) is 25.7 Å². The summed E-state index contributed by atoms with van der Waals surface area (Å²) in [6.07, 6.45) is 15.6. The Balaban J connectivity index is 2.07. The highest BCUT2D eigenvalue weighted by Gasteiger charge is 2.20. The Bertz CT molecular complexity index is 853. The first-order valence-electron chi connectivity index (χ1n) is 11.8. The molecule has 1 aromatic carbocycles. The average molecular weight is 431 g/mol. The number of fused-ring (bicyclic) bond motifs is 1. The molecule has 0 saturated heterocycles. The topological polar surface area (TPSA) is 57.9 Å². The quantitative estimate of drug-likeness (QED) is 0.162. The molecule has 0 aliphatic rings. The highest BCUT2D eigenvalue weighted by Crippen LogP contribution is 2.39. The lowest BCUT2D eigenvalue weighted by Crippen LogP contribution is -2.12. The number of methoxy groups -OCH3 is 1. The van der Waals surface area contributed by atoms with Gasteiger partial charge in [0.25, 0.3) is 0 Å². The molecule has 2 rings (SSSR count). The molecule has 31 heavy (non-hydrogen) atoms. The first kappa shape index (κ1) is 24.8. The molecule has 0 aliphatic heterocycles. The summed E-state index contributed by atoms with van der Waals surface area (Å²) in [5.74, 6) is 1.14. The molecular weight excluding hydrogens is 392 g/mol. The molecule has 0 bridgehead atoms. The van der Waals surface area contributed by atoms with Crippen LogP contribution in [0, 0.1) is 0 Å². The predicted octanol–water partition coefficient (Wildman–Crippen LogP) is 7.06. The number of rotatable bonds is 16. The fraction of sp³-hybridized carbons (Fsp3) is 0.577. The van der Waals surface area contributed by atoms with Gasteiger partial charge in [0, 0.05) is 0 Å². The van der Waals surface area contributed by atoms with Crippen LogP contribution in [0.3, 0.4) is 0 Å². The van der Waals surface area contributed by atoms with E-state index in [1.165, 1.54) is 38.5 Å². The van der Waals surface area contributed by atoms with Gasteiger partial charge in [0.2, 0.25) is 5.75 Å². The van der Waals surface area contributed by atoms with Gasteiger partial charge in [-0.1, -0.05) is 77.0 Å². The van der Waals surface area contributed by atoms with Crippen molar-refractivity contribution in [3.05, 3.63) is 40.8 Å². The molecule has 1 heterocycles. The number of ether oxygens (including phenoxy) is 3. The summed E-state index contributed by atoms with van der Waals surface area (Å²) in [7, 11) is 1.59. The fourth-order valence-corrected chi connectivity index (χ4v) is 3.53. The maximum absolute atomic E-state index is 12.6. The van der Waals surface area contributed by atoms with E-state index in [4.69, 9.17) is 18.6 Å². The van der Waals surface area contributed by atoms with E-state index in [2.05, 4.69) is 26.0 Å². The van der Waals surface area contributed by atoms with Gasteiger partial charge in [-0.2, -0.15) is 0 Å². The van der Waals surface area contributed by atoms with E-state index >= 15 is 0 Å². The van der Waals surface area contributed by atoms with Crippen molar-refractivity contribution in [1.82, 2.24) is 0 Å². The minimum atomic E-state index is -0.514. The molecule has 1 aromatic heterocycles. The Morgan fingerprint density at radius 1 is 0.871 bits per heavy atom. The van der Waals surface area contributed by atoms with Crippen molar-refractivity contribution >= 4 is 11.0 Å². The second-order valence-electron chi connectivity index (χ2n) is 7.72. The normalized spacial score (nSPS) is 11.3. The van der Waals surface area contributed by atoms with Gasteiger partial charge in [-0.25, -0.2) is 4.79 Å². The third-order valence-corrected chi connectivity index (χ3v) is 5.21. The van der Waals surface area contributed by atoms with Crippen molar-refractivity contribution in [2.45, 2.75) is 78.1 Å². The van der Waals surface area contributed by atoms with E-state index in [1.54, 1.807) is 19.2 Å². The lowest BCUT2D eigenvalue weighted by Gasteiger charge is -2.15. The first-order chi connectivity index (χ1) is 15.2. The Labute approximate surface area is 186 Å². The molecule has 0 aliphatic carbocycles. The number of unbranched alkanes of at least 4 members (excludes halogenated alkanes) is 7. The van der Waals surface area contributed by atoms with Crippen molar-refractivity contribution in [2.24, 2.45) is 0 Å². The van der Waals surface area contributed by atoms with Gasteiger partial charge in [-0.15, -0.1) is 0 Å². The van der Waals surface area contributed by atoms with Crippen molar-refractivity contribution in [2.75, 3.05) is 20.3 Å². The van der Waals surface area contributed by atoms with Gasteiger partial charge in [0.05, 0.1) is 20.3 Å². The smallest absolute Gasteiger partial charge is 0.383 e. The minimum absolute atomic E-state index is 0.138. The zero-order chi connectivity index (χ0) is 22.3. The molecule has 0 fully saturated rings. The minimum Gasteiger partial charge on any atom is -0.496 e. The predicted molar refractivity (Wildman–Crippen MR) is 127 cm³/mol. The molecule has 0 saturated carbocycles. The highest BCUT2D eigenvalue weighted by molar-refractivity contribution is 5.91. The van der Waals surface area contributed by atoms with Crippen LogP contribution in [0.1, 0.15) is 78.1 Å². The lowest BCUT2D eigenvalue weighted by atomic mass is 10.1. The molecule has 172 valence electrons. The lowest BCUT2D eigenvalue weighted by molar-refractivity contribution is 0.255. The summed E-state index contributed by atoms with van der Waals surface area (Å²) >= 11 is 0. The molecular formula is C26H38O5. The molecule has 0 radical (unpaired) electrons. The zero-order valence-electron chi connectivity index (χ0n) is 19.4. The standard InChI is InChI=1S/C26H38O5/c1-4-6-8-10-11-12-13-15-20-30-25-24(29-19-14-9-7-5-2)23-21(28-3)17-16-18-22(23)31-26(25)27/h7,9,16-18H,4-6,8,10-15,19-20H2,1-3H3. The largest absolute Gasteiger partial charge is 0.496 e. The third-order valence-electron chi connectivity index (χ3n) is 5.21. The summed E-state index contributed by atoms with van der Waals surface area (Å²) in [6.45, 7) is 5.24. The van der Waals surface area contributed by atoms with Crippen LogP contribution in [-0.2, 0) is 0 Å².